The molecular weight excluding hydrogens is 428 g/mol. The van der Waals surface area contributed by atoms with E-state index >= 15 is 0 Å². The molecule has 0 radical (unpaired) electrons. The van der Waals surface area contributed by atoms with E-state index in [4.69, 9.17) is 4.74 Å². The highest BCUT2D eigenvalue weighted by Crippen LogP contribution is 2.32. The predicted molar refractivity (Wildman–Crippen MR) is 131 cm³/mol. The number of hydrogen-bond donors (Lipinski definition) is 1. The van der Waals surface area contributed by atoms with Gasteiger partial charge in [-0.05, 0) is 66.9 Å². The monoisotopic (exact) mass is 454 g/mol. The van der Waals surface area contributed by atoms with Crippen LogP contribution >= 0.6 is 0 Å². The van der Waals surface area contributed by atoms with E-state index in [1.807, 2.05) is 30.3 Å². The summed E-state index contributed by atoms with van der Waals surface area (Å²) in [7, 11) is 1.59. The molecule has 0 bridgehead atoms. The van der Waals surface area contributed by atoms with Gasteiger partial charge in [0.25, 0.3) is 11.8 Å². The first-order valence-corrected chi connectivity index (χ1v) is 11.4. The zero-order chi connectivity index (χ0) is 23.5. The minimum Gasteiger partial charge on any atom is -0.497 e. The summed E-state index contributed by atoms with van der Waals surface area (Å²) in [5, 5.41) is 3.23. The van der Waals surface area contributed by atoms with E-state index in [2.05, 4.69) is 15.2 Å². The van der Waals surface area contributed by atoms with Crippen LogP contribution in [0.1, 0.15) is 24.1 Å². The van der Waals surface area contributed by atoms with Crippen molar-refractivity contribution in [1.29, 1.82) is 0 Å². The van der Waals surface area contributed by atoms with Crippen LogP contribution in [0.4, 0.5) is 11.4 Å². The van der Waals surface area contributed by atoms with Gasteiger partial charge in [0, 0.05) is 30.7 Å². The number of aromatic nitrogens is 1. The van der Waals surface area contributed by atoms with Crippen molar-refractivity contribution in [1.82, 2.24) is 9.88 Å². The maximum Gasteiger partial charge on any atom is 0.278 e. The van der Waals surface area contributed by atoms with Crippen molar-refractivity contribution in [2.24, 2.45) is 0 Å². The highest BCUT2D eigenvalue weighted by Gasteiger charge is 2.39. The zero-order valence-electron chi connectivity index (χ0n) is 19.0. The molecule has 0 spiro atoms. The SMILES string of the molecule is COc1ccc(C2=C(Nc3ccc(N4CCCC4)cc3)C(=O)N(Cc3ccccn3)C2=O)cc1. The van der Waals surface area contributed by atoms with Gasteiger partial charge >= 0.3 is 0 Å². The first kappa shape index (κ1) is 21.7. The highest BCUT2D eigenvalue weighted by molar-refractivity contribution is 6.36. The second kappa shape index (κ2) is 9.39. The number of amides is 2. The van der Waals surface area contributed by atoms with E-state index in [-0.39, 0.29) is 24.1 Å². The number of nitrogens with one attached hydrogen (secondary N) is 1. The average molecular weight is 455 g/mol. The van der Waals surface area contributed by atoms with Crippen LogP contribution in [-0.4, -0.2) is 41.9 Å². The number of nitrogens with zero attached hydrogens (tertiary/aromatic N) is 3. The van der Waals surface area contributed by atoms with Gasteiger partial charge in [0.2, 0.25) is 0 Å². The number of pyridine rings is 1. The maximum atomic E-state index is 13.4. The Kier molecular flexibility index (Phi) is 5.99. The fourth-order valence-corrected chi connectivity index (χ4v) is 4.39. The Morgan fingerprint density at radius 2 is 1.65 bits per heavy atom. The summed E-state index contributed by atoms with van der Waals surface area (Å²) in [5.74, 6) is -0.0411. The first-order valence-electron chi connectivity index (χ1n) is 11.4. The average Bonchev–Trinajstić information content (AvgIpc) is 3.49. The second-order valence-corrected chi connectivity index (χ2v) is 8.36. The van der Waals surface area contributed by atoms with Crippen molar-refractivity contribution in [2.75, 3.05) is 30.4 Å². The summed E-state index contributed by atoms with van der Waals surface area (Å²) < 4.78 is 5.25. The Hall–Kier alpha value is -4.13. The lowest BCUT2D eigenvalue weighted by atomic mass is 10.0. The van der Waals surface area contributed by atoms with Gasteiger partial charge in [-0.25, -0.2) is 0 Å². The van der Waals surface area contributed by atoms with Gasteiger partial charge < -0.3 is 15.0 Å². The number of methoxy groups -OCH3 is 1. The Balaban J connectivity index is 1.47. The summed E-state index contributed by atoms with van der Waals surface area (Å²) in [4.78, 5) is 34.7. The van der Waals surface area contributed by atoms with E-state index in [0.717, 1.165) is 24.5 Å². The molecule has 2 aliphatic heterocycles. The number of carbonyl (C=O) groups is 2. The third-order valence-electron chi connectivity index (χ3n) is 6.20. The topological polar surface area (TPSA) is 74.8 Å². The van der Waals surface area contributed by atoms with Crippen molar-refractivity contribution in [3.63, 3.8) is 0 Å². The van der Waals surface area contributed by atoms with Gasteiger partial charge in [-0.2, -0.15) is 0 Å². The zero-order valence-corrected chi connectivity index (χ0v) is 19.0. The normalized spacial score (nSPS) is 15.9. The van der Waals surface area contributed by atoms with Crippen molar-refractivity contribution < 1.29 is 14.3 Å². The van der Waals surface area contributed by atoms with Gasteiger partial charge in [-0.1, -0.05) is 18.2 Å². The molecule has 172 valence electrons. The molecule has 1 saturated heterocycles. The van der Waals surface area contributed by atoms with Gasteiger partial charge in [0.1, 0.15) is 11.4 Å². The van der Waals surface area contributed by atoms with Crippen LogP contribution in [0.3, 0.4) is 0 Å². The van der Waals surface area contributed by atoms with Crippen molar-refractivity contribution in [2.45, 2.75) is 19.4 Å². The third-order valence-corrected chi connectivity index (χ3v) is 6.20. The number of hydrogen-bond acceptors (Lipinski definition) is 6. The molecule has 0 unspecified atom stereocenters. The largest absolute Gasteiger partial charge is 0.497 e. The molecule has 7 heteroatoms. The van der Waals surface area contributed by atoms with Crippen molar-refractivity contribution in [3.8, 4) is 5.75 Å². The lowest BCUT2D eigenvalue weighted by Crippen LogP contribution is -2.32. The standard InChI is InChI=1S/C27H26N4O3/c1-34-23-13-7-19(8-14-23)24-25(27(33)31(26(24)32)18-21-6-2-3-15-28-21)29-20-9-11-22(12-10-20)30-16-4-5-17-30/h2-3,6-15,29H,4-5,16-18H2,1H3. The minimum absolute atomic E-state index is 0.108. The number of benzene rings is 2. The van der Waals surface area contributed by atoms with E-state index in [9.17, 15) is 9.59 Å². The molecule has 2 aliphatic rings. The summed E-state index contributed by atoms with van der Waals surface area (Å²) in [6.07, 6.45) is 4.07. The highest BCUT2D eigenvalue weighted by atomic mass is 16.5. The Morgan fingerprint density at radius 1 is 0.912 bits per heavy atom. The van der Waals surface area contributed by atoms with E-state index < -0.39 is 0 Å². The molecule has 0 saturated carbocycles. The minimum atomic E-state index is -0.370. The molecule has 0 atom stereocenters. The van der Waals surface area contributed by atoms with Crippen LogP contribution in [0.25, 0.3) is 5.57 Å². The molecular formula is C27H26N4O3. The predicted octanol–water partition coefficient (Wildman–Crippen LogP) is 4.08. The third kappa shape index (κ3) is 4.24. The molecule has 1 aromatic heterocycles. The molecule has 1 fully saturated rings. The number of rotatable bonds is 7. The summed E-state index contributed by atoms with van der Waals surface area (Å²) in [6.45, 7) is 2.24. The quantitative estimate of drug-likeness (QED) is 0.542. The summed E-state index contributed by atoms with van der Waals surface area (Å²) >= 11 is 0. The van der Waals surface area contributed by atoms with Crippen LogP contribution in [-0.2, 0) is 16.1 Å². The number of ether oxygens (including phenoxy) is 1. The molecule has 3 aromatic rings. The van der Waals surface area contributed by atoms with Gasteiger partial charge in [-0.15, -0.1) is 0 Å². The van der Waals surface area contributed by atoms with Gasteiger partial charge in [0.05, 0.1) is 24.9 Å². The number of anilines is 2. The molecule has 1 N–H and O–H groups in total. The Labute approximate surface area is 198 Å². The Bertz CT molecular complexity index is 1210. The molecule has 34 heavy (non-hydrogen) atoms. The molecule has 5 rings (SSSR count). The number of carbonyl (C=O) groups excluding carboxylic acids is 2. The Morgan fingerprint density at radius 3 is 2.29 bits per heavy atom. The fraction of sp³-hybridized carbons (Fsp3) is 0.222. The van der Waals surface area contributed by atoms with E-state index in [0.29, 0.717) is 22.6 Å². The number of imide groups is 1. The van der Waals surface area contributed by atoms with E-state index in [1.54, 1.807) is 49.7 Å². The van der Waals surface area contributed by atoms with Crippen LogP contribution in [0.2, 0.25) is 0 Å². The van der Waals surface area contributed by atoms with Crippen molar-refractivity contribution in [3.05, 3.63) is 89.9 Å². The van der Waals surface area contributed by atoms with Crippen LogP contribution in [0.5, 0.6) is 5.75 Å². The molecule has 3 heterocycles. The molecule has 2 amide bonds. The summed E-state index contributed by atoms with van der Waals surface area (Å²) in [6, 6.07) is 20.6. The van der Waals surface area contributed by atoms with Crippen molar-refractivity contribution >= 4 is 28.8 Å². The lowest BCUT2D eigenvalue weighted by molar-refractivity contribution is -0.137. The van der Waals surface area contributed by atoms with Crippen LogP contribution in [0, 0.1) is 0 Å². The van der Waals surface area contributed by atoms with Gasteiger partial charge in [-0.3, -0.25) is 19.5 Å². The fourth-order valence-electron chi connectivity index (χ4n) is 4.39. The van der Waals surface area contributed by atoms with Crippen LogP contribution < -0.4 is 15.0 Å². The summed E-state index contributed by atoms with van der Waals surface area (Å²) in [5.41, 5.74) is 3.82. The first-order chi connectivity index (χ1) is 16.6. The second-order valence-electron chi connectivity index (χ2n) is 8.36. The van der Waals surface area contributed by atoms with Crippen LogP contribution in [0.15, 0.2) is 78.6 Å². The van der Waals surface area contributed by atoms with Gasteiger partial charge in [0.15, 0.2) is 0 Å². The molecule has 2 aromatic carbocycles. The molecule has 0 aliphatic carbocycles. The smallest absolute Gasteiger partial charge is 0.278 e. The maximum absolute atomic E-state index is 13.4. The van der Waals surface area contributed by atoms with E-state index in [1.165, 1.54) is 17.7 Å². The lowest BCUT2D eigenvalue weighted by Gasteiger charge is -2.18. The molecule has 7 nitrogen and oxygen atoms in total.